The van der Waals surface area contributed by atoms with Gasteiger partial charge in [-0.3, -0.25) is 9.69 Å². The first-order chi connectivity index (χ1) is 9.25. The maximum atomic E-state index is 11.7. The van der Waals surface area contributed by atoms with Crippen LogP contribution in [0.4, 0.5) is 0 Å². The molecule has 19 heavy (non-hydrogen) atoms. The number of piperazine rings is 1. The van der Waals surface area contributed by atoms with Crippen molar-refractivity contribution in [3.63, 3.8) is 0 Å². The van der Waals surface area contributed by atoms with E-state index in [9.17, 15) is 4.79 Å². The van der Waals surface area contributed by atoms with E-state index in [-0.39, 0.29) is 5.97 Å². The van der Waals surface area contributed by atoms with Crippen molar-refractivity contribution in [2.24, 2.45) is 0 Å². The number of carbonyl (C=O) groups is 1. The van der Waals surface area contributed by atoms with Crippen LogP contribution in [0.3, 0.4) is 0 Å². The van der Waals surface area contributed by atoms with Gasteiger partial charge in [0, 0.05) is 32.6 Å². The average Bonchev–Trinajstić information content (AvgIpc) is 2.42. The zero-order valence-electron chi connectivity index (χ0n) is 11.5. The number of nitrogens with one attached hydrogen (secondary N) is 1. The molecule has 0 amide bonds. The van der Waals surface area contributed by atoms with Gasteiger partial charge in [0.15, 0.2) is 0 Å². The predicted octanol–water partition coefficient (Wildman–Crippen LogP) is 0.986. The first-order valence-corrected chi connectivity index (χ1v) is 6.89. The van der Waals surface area contributed by atoms with Crippen LogP contribution in [-0.2, 0) is 16.0 Å². The van der Waals surface area contributed by atoms with Gasteiger partial charge in [-0.15, -0.1) is 0 Å². The molecule has 1 fully saturated rings. The number of benzene rings is 1. The Morgan fingerprint density at radius 1 is 1.32 bits per heavy atom. The monoisotopic (exact) mass is 262 g/mol. The lowest BCUT2D eigenvalue weighted by molar-refractivity contribution is -0.145. The van der Waals surface area contributed by atoms with Gasteiger partial charge in [-0.05, 0) is 18.1 Å². The first-order valence-electron chi connectivity index (χ1n) is 6.89. The fourth-order valence-electron chi connectivity index (χ4n) is 2.26. The van der Waals surface area contributed by atoms with Crippen molar-refractivity contribution in [1.29, 1.82) is 0 Å². The van der Waals surface area contributed by atoms with Crippen molar-refractivity contribution >= 4 is 5.97 Å². The van der Waals surface area contributed by atoms with E-state index in [0.29, 0.717) is 13.2 Å². The molecule has 4 nitrogen and oxygen atoms in total. The Bertz CT molecular complexity index is 414. The first kappa shape index (κ1) is 14.0. The van der Waals surface area contributed by atoms with E-state index in [1.54, 1.807) is 0 Å². The largest absolute Gasteiger partial charge is 0.464 e. The molecule has 104 valence electrons. The van der Waals surface area contributed by atoms with Gasteiger partial charge >= 0.3 is 5.97 Å². The smallest absolute Gasteiger partial charge is 0.320 e. The SMILES string of the molecule is Cc1ccccc1CCOC(=O)CN1CCNCC1. The second-order valence-corrected chi connectivity index (χ2v) is 4.92. The molecule has 0 spiro atoms. The molecule has 1 N–H and O–H groups in total. The fourth-order valence-corrected chi connectivity index (χ4v) is 2.26. The van der Waals surface area contributed by atoms with Gasteiger partial charge in [-0.25, -0.2) is 0 Å². The van der Waals surface area contributed by atoms with E-state index >= 15 is 0 Å². The highest BCUT2D eigenvalue weighted by molar-refractivity contribution is 5.71. The third-order valence-electron chi connectivity index (χ3n) is 3.46. The minimum atomic E-state index is -0.115. The number of ether oxygens (including phenoxy) is 1. The van der Waals surface area contributed by atoms with Gasteiger partial charge in [-0.1, -0.05) is 24.3 Å². The van der Waals surface area contributed by atoms with Crippen LogP contribution >= 0.6 is 0 Å². The number of nitrogens with zero attached hydrogens (tertiary/aromatic N) is 1. The zero-order chi connectivity index (χ0) is 13.5. The Kier molecular flexibility index (Phi) is 5.36. The maximum Gasteiger partial charge on any atom is 0.320 e. The van der Waals surface area contributed by atoms with Crippen molar-refractivity contribution in [2.75, 3.05) is 39.3 Å². The quantitative estimate of drug-likeness (QED) is 0.803. The summed E-state index contributed by atoms with van der Waals surface area (Å²) in [5, 5.41) is 3.27. The Labute approximate surface area is 114 Å². The van der Waals surface area contributed by atoms with E-state index in [4.69, 9.17) is 4.74 Å². The highest BCUT2D eigenvalue weighted by Gasteiger charge is 2.14. The van der Waals surface area contributed by atoms with E-state index < -0.39 is 0 Å². The fraction of sp³-hybridized carbons (Fsp3) is 0.533. The lowest BCUT2D eigenvalue weighted by Gasteiger charge is -2.26. The zero-order valence-corrected chi connectivity index (χ0v) is 11.5. The van der Waals surface area contributed by atoms with E-state index in [2.05, 4.69) is 29.3 Å². The Hall–Kier alpha value is -1.39. The van der Waals surface area contributed by atoms with Crippen molar-refractivity contribution in [1.82, 2.24) is 10.2 Å². The molecular weight excluding hydrogens is 240 g/mol. The lowest BCUT2D eigenvalue weighted by atomic mass is 10.1. The van der Waals surface area contributed by atoms with Gasteiger partial charge < -0.3 is 10.1 Å². The molecule has 0 atom stereocenters. The summed E-state index contributed by atoms with van der Waals surface area (Å²) in [7, 11) is 0. The van der Waals surface area contributed by atoms with Crippen LogP contribution in [0.25, 0.3) is 0 Å². The minimum absolute atomic E-state index is 0.115. The molecule has 2 rings (SSSR count). The molecular formula is C15H22N2O2. The molecule has 1 heterocycles. The van der Waals surface area contributed by atoms with Crippen LogP contribution in [0.2, 0.25) is 0 Å². The van der Waals surface area contributed by atoms with Gasteiger partial charge in [0.05, 0.1) is 13.2 Å². The number of rotatable bonds is 5. The number of aryl methyl sites for hydroxylation is 1. The highest BCUT2D eigenvalue weighted by Crippen LogP contribution is 2.07. The Morgan fingerprint density at radius 2 is 2.05 bits per heavy atom. The van der Waals surface area contributed by atoms with Crippen molar-refractivity contribution in [3.8, 4) is 0 Å². The molecule has 0 aromatic heterocycles. The molecule has 0 aliphatic carbocycles. The van der Waals surface area contributed by atoms with Crippen LogP contribution in [0, 0.1) is 6.92 Å². The second-order valence-electron chi connectivity index (χ2n) is 4.92. The molecule has 1 aliphatic heterocycles. The van der Waals surface area contributed by atoms with E-state index in [0.717, 1.165) is 32.6 Å². The summed E-state index contributed by atoms with van der Waals surface area (Å²) in [6.07, 6.45) is 0.792. The average molecular weight is 262 g/mol. The van der Waals surface area contributed by atoms with E-state index in [1.807, 2.05) is 12.1 Å². The van der Waals surface area contributed by atoms with Crippen LogP contribution in [0.15, 0.2) is 24.3 Å². The van der Waals surface area contributed by atoms with Gasteiger partial charge in [0.1, 0.15) is 0 Å². The summed E-state index contributed by atoms with van der Waals surface area (Å²) in [6.45, 7) is 6.72. The topological polar surface area (TPSA) is 41.6 Å². The summed E-state index contributed by atoms with van der Waals surface area (Å²) >= 11 is 0. The molecule has 4 heteroatoms. The third kappa shape index (κ3) is 4.65. The Morgan fingerprint density at radius 3 is 2.79 bits per heavy atom. The van der Waals surface area contributed by atoms with Crippen LogP contribution in [0.1, 0.15) is 11.1 Å². The van der Waals surface area contributed by atoms with E-state index in [1.165, 1.54) is 11.1 Å². The van der Waals surface area contributed by atoms with Crippen LogP contribution in [0.5, 0.6) is 0 Å². The van der Waals surface area contributed by atoms with Gasteiger partial charge in [-0.2, -0.15) is 0 Å². The normalized spacial score (nSPS) is 16.3. The minimum Gasteiger partial charge on any atom is -0.464 e. The number of hydrogen-bond donors (Lipinski definition) is 1. The molecule has 0 bridgehead atoms. The van der Waals surface area contributed by atoms with Crippen molar-refractivity contribution in [2.45, 2.75) is 13.3 Å². The second kappa shape index (κ2) is 7.26. The number of esters is 1. The Balaban J connectivity index is 1.67. The predicted molar refractivity (Wildman–Crippen MR) is 75.2 cm³/mol. The summed E-state index contributed by atoms with van der Waals surface area (Å²) in [5.74, 6) is -0.115. The molecule has 0 unspecified atom stereocenters. The molecule has 1 saturated heterocycles. The summed E-state index contributed by atoms with van der Waals surface area (Å²) in [6, 6.07) is 8.21. The summed E-state index contributed by atoms with van der Waals surface area (Å²) in [5.41, 5.74) is 2.50. The van der Waals surface area contributed by atoms with Crippen LogP contribution < -0.4 is 5.32 Å². The van der Waals surface area contributed by atoms with Crippen molar-refractivity contribution < 1.29 is 9.53 Å². The maximum absolute atomic E-state index is 11.7. The van der Waals surface area contributed by atoms with Crippen molar-refractivity contribution in [3.05, 3.63) is 35.4 Å². The lowest BCUT2D eigenvalue weighted by Crippen LogP contribution is -2.45. The summed E-state index contributed by atoms with van der Waals surface area (Å²) in [4.78, 5) is 13.8. The standard InChI is InChI=1S/C15H22N2O2/c1-13-4-2-3-5-14(13)6-11-19-15(18)12-17-9-7-16-8-10-17/h2-5,16H,6-12H2,1H3. The third-order valence-corrected chi connectivity index (χ3v) is 3.46. The number of hydrogen-bond acceptors (Lipinski definition) is 4. The molecule has 1 aromatic carbocycles. The molecule has 0 saturated carbocycles. The number of carbonyl (C=O) groups excluding carboxylic acids is 1. The molecule has 1 aliphatic rings. The molecule has 0 radical (unpaired) electrons. The highest BCUT2D eigenvalue weighted by atomic mass is 16.5. The molecule has 1 aromatic rings. The van der Waals surface area contributed by atoms with Crippen LogP contribution in [-0.4, -0.2) is 50.2 Å². The van der Waals surface area contributed by atoms with Gasteiger partial charge in [0.2, 0.25) is 0 Å². The summed E-state index contributed by atoms with van der Waals surface area (Å²) < 4.78 is 5.30. The van der Waals surface area contributed by atoms with Gasteiger partial charge in [0.25, 0.3) is 0 Å².